The minimum atomic E-state index is -0.422. The Kier molecular flexibility index (Phi) is 1.96. The molecule has 0 saturated carbocycles. The molecule has 3 nitrogen and oxygen atoms in total. The summed E-state index contributed by atoms with van der Waals surface area (Å²) in [6.07, 6.45) is 1.52. The molecule has 2 aromatic rings. The molecule has 0 aliphatic rings. The molecule has 0 saturated heterocycles. The van der Waals surface area contributed by atoms with Gasteiger partial charge in [0.15, 0.2) is 5.89 Å². The maximum Gasteiger partial charge on any atom is 0.191 e. The first kappa shape index (κ1) is 8.74. The van der Waals surface area contributed by atoms with Crippen LogP contribution in [0.2, 0.25) is 0 Å². The molecule has 4 heteroatoms. The molecule has 1 aromatic heterocycles. The third-order valence-corrected chi connectivity index (χ3v) is 1.91. The molecule has 0 aliphatic heterocycles. The fourth-order valence-corrected chi connectivity index (χ4v) is 1.20. The molecule has 14 heavy (non-hydrogen) atoms. The van der Waals surface area contributed by atoms with Gasteiger partial charge < -0.3 is 10.2 Å². The van der Waals surface area contributed by atoms with E-state index in [1.165, 1.54) is 18.4 Å². The number of nitrogen functional groups attached to an aromatic ring is 1. The average Bonchev–Trinajstić information content (AvgIpc) is 2.57. The smallest absolute Gasteiger partial charge is 0.191 e. The van der Waals surface area contributed by atoms with Crippen molar-refractivity contribution in [3.63, 3.8) is 0 Å². The van der Waals surface area contributed by atoms with E-state index >= 15 is 0 Å². The number of oxazole rings is 1. The van der Waals surface area contributed by atoms with E-state index in [0.717, 1.165) is 5.56 Å². The molecule has 0 amide bonds. The highest BCUT2D eigenvalue weighted by Crippen LogP contribution is 2.22. The predicted molar refractivity (Wildman–Crippen MR) is 51.0 cm³/mol. The Morgan fingerprint density at radius 2 is 2.21 bits per heavy atom. The highest BCUT2D eigenvalue weighted by molar-refractivity contribution is 5.63. The fourth-order valence-electron chi connectivity index (χ4n) is 1.20. The summed E-state index contributed by atoms with van der Waals surface area (Å²) in [5, 5.41) is 0. The number of aryl methyl sites for hydroxylation is 1. The Balaban J connectivity index is 2.47. The third-order valence-electron chi connectivity index (χ3n) is 1.91. The molecule has 1 heterocycles. The summed E-state index contributed by atoms with van der Waals surface area (Å²) in [6.45, 7) is 1.75. The molecule has 0 radical (unpaired) electrons. The largest absolute Gasteiger partial charge is 0.449 e. The second kappa shape index (κ2) is 3.14. The normalized spacial score (nSPS) is 10.4. The lowest BCUT2D eigenvalue weighted by atomic mass is 10.1. The van der Waals surface area contributed by atoms with Gasteiger partial charge in [0.25, 0.3) is 0 Å². The number of benzene rings is 1. The Hall–Kier alpha value is -1.84. The van der Waals surface area contributed by atoms with Gasteiger partial charge in [-0.2, -0.15) is 0 Å². The Labute approximate surface area is 80.4 Å². The van der Waals surface area contributed by atoms with Crippen molar-refractivity contribution in [3.8, 4) is 11.3 Å². The monoisotopic (exact) mass is 192 g/mol. The van der Waals surface area contributed by atoms with Crippen LogP contribution in [-0.4, -0.2) is 4.98 Å². The topological polar surface area (TPSA) is 52.0 Å². The van der Waals surface area contributed by atoms with Crippen LogP contribution in [-0.2, 0) is 0 Å². The number of nitrogens with zero attached hydrogens (tertiary/aromatic N) is 1. The van der Waals surface area contributed by atoms with Crippen molar-refractivity contribution in [1.29, 1.82) is 0 Å². The SMILES string of the molecule is Cc1nc(-c2ccc(F)c(N)c2)co1. The molecule has 2 N–H and O–H groups in total. The van der Waals surface area contributed by atoms with Crippen LogP contribution in [0.4, 0.5) is 10.1 Å². The van der Waals surface area contributed by atoms with Gasteiger partial charge in [-0.3, -0.25) is 0 Å². The summed E-state index contributed by atoms with van der Waals surface area (Å²) < 4.78 is 17.9. The van der Waals surface area contributed by atoms with Crippen molar-refractivity contribution >= 4 is 5.69 Å². The molecule has 1 aromatic carbocycles. The van der Waals surface area contributed by atoms with Crippen LogP contribution in [0.3, 0.4) is 0 Å². The van der Waals surface area contributed by atoms with E-state index < -0.39 is 5.82 Å². The summed E-state index contributed by atoms with van der Waals surface area (Å²) in [4.78, 5) is 4.11. The molecule has 0 atom stereocenters. The van der Waals surface area contributed by atoms with Crippen molar-refractivity contribution in [2.45, 2.75) is 6.92 Å². The van der Waals surface area contributed by atoms with Gasteiger partial charge in [-0.25, -0.2) is 9.37 Å². The summed E-state index contributed by atoms with van der Waals surface area (Å²) in [6, 6.07) is 4.46. The van der Waals surface area contributed by atoms with Gasteiger partial charge in [-0.15, -0.1) is 0 Å². The van der Waals surface area contributed by atoms with Gasteiger partial charge in [0, 0.05) is 12.5 Å². The molecule has 0 bridgehead atoms. The maximum absolute atomic E-state index is 12.9. The lowest BCUT2D eigenvalue weighted by molar-refractivity contribution is 0.521. The summed E-state index contributed by atoms with van der Waals surface area (Å²) >= 11 is 0. The minimum absolute atomic E-state index is 0.114. The first-order valence-electron chi connectivity index (χ1n) is 4.14. The zero-order valence-electron chi connectivity index (χ0n) is 7.62. The highest BCUT2D eigenvalue weighted by Gasteiger charge is 2.05. The lowest BCUT2D eigenvalue weighted by Crippen LogP contribution is -1.90. The fraction of sp³-hybridized carbons (Fsp3) is 0.100. The lowest BCUT2D eigenvalue weighted by Gasteiger charge is -1.98. The van der Waals surface area contributed by atoms with E-state index in [1.807, 2.05) is 0 Å². The predicted octanol–water partition coefficient (Wildman–Crippen LogP) is 2.37. The number of anilines is 1. The third kappa shape index (κ3) is 1.46. The maximum atomic E-state index is 12.9. The van der Waals surface area contributed by atoms with Crippen LogP contribution in [0.1, 0.15) is 5.89 Å². The average molecular weight is 192 g/mol. The van der Waals surface area contributed by atoms with Crippen molar-refractivity contribution in [2.75, 3.05) is 5.73 Å². The molecule has 0 aliphatic carbocycles. The molecule has 0 fully saturated rings. The van der Waals surface area contributed by atoms with Gasteiger partial charge in [0.05, 0.1) is 5.69 Å². The van der Waals surface area contributed by atoms with E-state index in [0.29, 0.717) is 11.6 Å². The zero-order valence-corrected chi connectivity index (χ0v) is 7.62. The first-order chi connectivity index (χ1) is 6.66. The number of nitrogens with two attached hydrogens (primary N) is 1. The molecular formula is C10H9FN2O. The standard InChI is InChI=1S/C10H9FN2O/c1-6-13-10(5-14-6)7-2-3-8(11)9(12)4-7/h2-5H,12H2,1H3. The van der Waals surface area contributed by atoms with Gasteiger partial charge in [0.1, 0.15) is 17.8 Å². The number of hydrogen-bond acceptors (Lipinski definition) is 3. The van der Waals surface area contributed by atoms with E-state index in [4.69, 9.17) is 10.2 Å². The van der Waals surface area contributed by atoms with Gasteiger partial charge >= 0.3 is 0 Å². The van der Waals surface area contributed by atoms with Gasteiger partial charge in [-0.1, -0.05) is 0 Å². The Morgan fingerprint density at radius 1 is 1.43 bits per heavy atom. The van der Waals surface area contributed by atoms with Crippen LogP contribution in [0.25, 0.3) is 11.3 Å². The minimum Gasteiger partial charge on any atom is -0.449 e. The summed E-state index contributed by atoms with van der Waals surface area (Å²) in [7, 11) is 0. The van der Waals surface area contributed by atoms with Crippen LogP contribution in [0.15, 0.2) is 28.9 Å². The van der Waals surface area contributed by atoms with E-state index in [2.05, 4.69) is 4.98 Å². The van der Waals surface area contributed by atoms with Crippen molar-refractivity contribution in [1.82, 2.24) is 4.98 Å². The molecule has 72 valence electrons. The Morgan fingerprint density at radius 3 is 2.79 bits per heavy atom. The number of aromatic nitrogens is 1. The second-order valence-electron chi connectivity index (χ2n) is 2.99. The van der Waals surface area contributed by atoms with Crippen LogP contribution in [0, 0.1) is 12.7 Å². The molecular weight excluding hydrogens is 183 g/mol. The van der Waals surface area contributed by atoms with Crippen LogP contribution >= 0.6 is 0 Å². The number of hydrogen-bond donors (Lipinski definition) is 1. The second-order valence-corrected chi connectivity index (χ2v) is 2.99. The molecule has 2 rings (SSSR count). The van der Waals surface area contributed by atoms with E-state index in [9.17, 15) is 4.39 Å². The van der Waals surface area contributed by atoms with Crippen molar-refractivity contribution in [3.05, 3.63) is 36.2 Å². The summed E-state index contributed by atoms with van der Waals surface area (Å²) in [5.41, 5.74) is 6.96. The van der Waals surface area contributed by atoms with Crippen molar-refractivity contribution < 1.29 is 8.81 Å². The number of halogens is 1. The number of rotatable bonds is 1. The van der Waals surface area contributed by atoms with E-state index in [-0.39, 0.29) is 5.69 Å². The van der Waals surface area contributed by atoms with Crippen molar-refractivity contribution in [2.24, 2.45) is 0 Å². The van der Waals surface area contributed by atoms with Crippen LogP contribution < -0.4 is 5.73 Å². The van der Waals surface area contributed by atoms with Gasteiger partial charge in [0.2, 0.25) is 0 Å². The first-order valence-corrected chi connectivity index (χ1v) is 4.14. The highest BCUT2D eigenvalue weighted by atomic mass is 19.1. The molecule has 0 spiro atoms. The zero-order chi connectivity index (χ0) is 10.1. The van der Waals surface area contributed by atoms with Gasteiger partial charge in [-0.05, 0) is 18.2 Å². The quantitative estimate of drug-likeness (QED) is 0.705. The Bertz CT molecular complexity index is 465. The van der Waals surface area contributed by atoms with Crippen LogP contribution in [0.5, 0.6) is 0 Å². The van der Waals surface area contributed by atoms with E-state index in [1.54, 1.807) is 13.0 Å². The summed E-state index contributed by atoms with van der Waals surface area (Å²) in [5.74, 6) is 0.150. The molecule has 0 unspecified atom stereocenters.